The van der Waals surface area contributed by atoms with E-state index in [1.54, 1.807) is 7.11 Å². The van der Waals surface area contributed by atoms with Gasteiger partial charge in [0.1, 0.15) is 5.60 Å². The maximum Gasteiger partial charge on any atom is 0.410 e. The molecule has 6 rings (SSSR count). The normalized spacial score (nSPS) is 18.9. The molecule has 2 saturated heterocycles. The van der Waals surface area contributed by atoms with Crippen LogP contribution in [0.5, 0.6) is 11.5 Å². The Morgan fingerprint density at radius 1 is 1.07 bits per heavy atom. The number of likely N-dealkylation sites (tertiary alicyclic amines) is 2. The minimum absolute atomic E-state index is 0.194. The third-order valence-corrected chi connectivity index (χ3v) is 9.47. The zero-order valence-electron chi connectivity index (χ0n) is 27.1. The van der Waals surface area contributed by atoms with Crippen LogP contribution in [0.1, 0.15) is 71.4 Å². The van der Waals surface area contributed by atoms with Crippen LogP contribution in [0.25, 0.3) is 22.3 Å². The van der Waals surface area contributed by atoms with Gasteiger partial charge in [-0.2, -0.15) is 0 Å². The molecular formula is C35H49N5O4. The fourth-order valence-electron chi connectivity index (χ4n) is 7.10. The van der Waals surface area contributed by atoms with Gasteiger partial charge in [-0.05, 0) is 115 Å². The Balaban J connectivity index is 1.17. The summed E-state index contributed by atoms with van der Waals surface area (Å²) in [5, 5.41) is 4.90. The molecule has 4 heterocycles. The van der Waals surface area contributed by atoms with Crippen LogP contribution in [0, 0.1) is 12.3 Å². The van der Waals surface area contributed by atoms with E-state index in [4.69, 9.17) is 19.2 Å². The van der Waals surface area contributed by atoms with Crippen molar-refractivity contribution in [3.8, 4) is 22.9 Å². The number of amides is 1. The van der Waals surface area contributed by atoms with Crippen LogP contribution < -0.4 is 14.8 Å². The number of carbonyl (C=O) groups excluding carboxylic acids is 1. The van der Waals surface area contributed by atoms with Gasteiger partial charge in [0, 0.05) is 48.5 Å². The molecule has 0 bridgehead atoms. The molecule has 44 heavy (non-hydrogen) atoms. The largest absolute Gasteiger partial charge is 0.493 e. The zero-order chi connectivity index (χ0) is 30.9. The molecule has 9 heteroatoms. The first-order chi connectivity index (χ1) is 21.1. The monoisotopic (exact) mass is 603 g/mol. The molecule has 0 unspecified atom stereocenters. The lowest BCUT2D eigenvalue weighted by Gasteiger charge is -2.52. The molecule has 0 radical (unpaired) electrons. The van der Waals surface area contributed by atoms with E-state index in [0.717, 1.165) is 96.9 Å². The van der Waals surface area contributed by atoms with Crippen molar-refractivity contribution in [3.05, 3.63) is 36.0 Å². The van der Waals surface area contributed by atoms with Crippen molar-refractivity contribution in [3.63, 3.8) is 0 Å². The van der Waals surface area contributed by atoms with Gasteiger partial charge >= 0.3 is 6.09 Å². The highest BCUT2D eigenvalue weighted by Crippen LogP contribution is 2.50. The topological polar surface area (TPSA) is 92.0 Å². The van der Waals surface area contributed by atoms with E-state index < -0.39 is 5.60 Å². The Morgan fingerprint density at radius 3 is 2.48 bits per heavy atom. The highest BCUT2D eigenvalue weighted by Gasteiger charge is 2.47. The van der Waals surface area contributed by atoms with Crippen LogP contribution in [0.4, 0.5) is 10.5 Å². The van der Waals surface area contributed by atoms with Gasteiger partial charge in [-0.15, -0.1) is 0 Å². The Bertz CT molecular complexity index is 1460. The Morgan fingerprint density at radius 2 is 1.82 bits per heavy atom. The molecular weight excluding hydrogens is 554 g/mol. The van der Waals surface area contributed by atoms with Crippen LogP contribution in [-0.2, 0) is 4.74 Å². The number of rotatable bonds is 9. The van der Waals surface area contributed by atoms with Gasteiger partial charge in [0.25, 0.3) is 0 Å². The maximum atomic E-state index is 12.6. The average molecular weight is 604 g/mol. The third kappa shape index (κ3) is 6.93. The summed E-state index contributed by atoms with van der Waals surface area (Å²) < 4.78 is 17.7. The molecule has 3 aliphatic rings. The minimum Gasteiger partial charge on any atom is -0.493 e. The van der Waals surface area contributed by atoms with Crippen molar-refractivity contribution in [1.29, 1.82) is 0 Å². The number of H-pyrrole nitrogens is 1. The Kier molecular flexibility index (Phi) is 8.68. The van der Waals surface area contributed by atoms with Gasteiger partial charge in [-0.25, -0.2) is 9.78 Å². The number of nitrogens with one attached hydrogen (secondary N) is 2. The van der Waals surface area contributed by atoms with Crippen molar-refractivity contribution in [2.24, 2.45) is 5.41 Å². The number of aromatic nitrogens is 2. The van der Waals surface area contributed by atoms with Crippen molar-refractivity contribution in [1.82, 2.24) is 19.8 Å². The van der Waals surface area contributed by atoms with Gasteiger partial charge in [-0.3, -0.25) is 0 Å². The summed E-state index contributed by atoms with van der Waals surface area (Å²) in [5.41, 5.74) is 4.76. The van der Waals surface area contributed by atoms with Crippen molar-refractivity contribution in [2.45, 2.75) is 84.3 Å². The van der Waals surface area contributed by atoms with E-state index in [2.05, 4.69) is 46.4 Å². The van der Waals surface area contributed by atoms with E-state index in [1.165, 1.54) is 25.9 Å². The summed E-state index contributed by atoms with van der Waals surface area (Å²) in [6.45, 7) is 13.5. The van der Waals surface area contributed by atoms with Gasteiger partial charge in [0.05, 0.1) is 30.6 Å². The molecule has 2 aliphatic heterocycles. The SMILES string of the molecule is COc1cc2c(NC3CC4(CCN(C(=O)OC(C)(C)C)CC4)C3)cc(-c3ccc(C)[nH]3)nc2cc1OCCCN1CCCC1. The van der Waals surface area contributed by atoms with Gasteiger partial charge in [0.15, 0.2) is 11.5 Å². The molecule has 9 nitrogen and oxygen atoms in total. The molecule has 1 saturated carbocycles. The zero-order valence-corrected chi connectivity index (χ0v) is 27.1. The second kappa shape index (κ2) is 12.5. The maximum absolute atomic E-state index is 12.6. The van der Waals surface area contributed by atoms with E-state index in [1.807, 2.05) is 31.7 Å². The number of anilines is 1. The number of benzene rings is 1. The van der Waals surface area contributed by atoms with Crippen molar-refractivity contribution in [2.75, 3.05) is 51.8 Å². The molecule has 1 aliphatic carbocycles. The molecule has 3 aromatic rings. The Hall–Kier alpha value is -3.46. The van der Waals surface area contributed by atoms with Gasteiger partial charge in [-0.1, -0.05) is 0 Å². The van der Waals surface area contributed by atoms with Crippen LogP contribution in [-0.4, -0.2) is 83.9 Å². The highest BCUT2D eigenvalue weighted by molar-refractivity contribution is 5.96. The number of pyridine rings is 1. The first-order valence-electron chi connectivity index (χ1n) is 16.4. The molecule has 0 atom stereocenters. The quantitative estimate of drug-likeness (QED) is 0.254. The number of nitrogens with zero attached hydrogens (tertiary/aromatic N) is 3. The molecule has 238 valence electrons. The van der Waals surface area contributed by atoms with Crippen LogP contribution in [0.2, 0.25) is 0 Å². The number of aromatic amines is 1. The Labute approximate surface area is 261 Å². The second-order valence-electron chi connectivity index (χ2n) is 14.1. The molecule has 1 spiro atoms. The standard InChI is InChI=1S/C35H49N5O4/c1-24-9-10-27(36-24)30-20-28(37-25-22-35(23-25)11-16-40(17-12-35)33(41)44-34(2,3)4)26-19-31(42-5)32(21-29(26)38-30)43-18-8-15-39-13-6-7-14-39/h9-10,19-21,25,36H,6-8,11-18,22-23H2,1-5H3,(H,37,38). The van der Waals surface area contributed by atoms with Gasteiger partial charge in [0.2, 0.25) is 0 Å². The summed E-state index contributed by atoms with van der Waals surface area (Å²) in [7, 11) is 1.70. The first-order valence-corrected chi connectivity index (χ1v) is 16.4. The number of ether oxygens (including phenoxy) is 3. The highest BCUT2D eigenvalue weighted by atomic mass is 16.6. The predicted molar refractivity (Wildman–Crippen MR) is 175 cm³/mol. The summed E-state index contributed by atoms with van der Waals surface area (Å²) >= 11 is 0. The van der Waals surface area contributed by atoms with E-state index >= 15 is 0 Å². The van der Waals surface area contributed by atoms with Gasteiger partial charge < -0.3 is 34.3 Å². The molecule has 2 aromatic heterocycles. The lowest BCUT2D eigenvalue weighted by molar-refractivity contribution is -0.00858. The molecule has 2 N–H and O–H groups in total. The number of carbonyl (C=O) groups is 1. The smallest absolute Gasteiger partial charge is 0.410 e. The number of fused-ring (bicyclic) bond motifs is 1. The average Bonchev–Trinajstić information content (AvgIpc) is 3.65. The summed E-state index contributed by atoms with van der Waals surface area (Å²) in [5.74, 6) is 1.46. The van der Waals surface area contributed by atoms with E-state index in [9.17, 15) is 4.79 Å². The van der Waals surface area contributed by atoms with Crippen LogP contribution >= 0.6 is 0 Å². The fraction of sp³-hybridized carbons (Fsp3) is 0.600. The summed E-state index contributed by atoms with van der Waals surface area (Å²) in [4.78, 5) is 25.5. The summed E-state index contributed by atoms with van der Waals surface area (Å²) in [6, 6.07) is 10.8. The number of piperidine rings is 1. The molecule has 3 fully saturated rings. The number of hydrogen-bond acceptors (Lipinski definition) is 7. The minimum atomic E-state index is -0.467. The van der Waals surface area contributed by atoms with Crippen LogP contribution in [0.3, 0.4) is 0 Å². The number of aryl methyl sites for hydroxylation is 1. The number of methoxy groups -OCH3 is 1. The van der Waals surface area contributed by atoms with E-state index in [0.29, 0.717) is 12.6 Å². The first kappa shape index (κ1) is 30.6. The van der Waals surface area contributed by atoms with E-state index in [-0.39, 0.29) is 11.5 Å². The predicted octanol–water partition coefficient (Wildman–Crippen LogP) is 7.00. The number of hydrogen-bond donors (Lipinski definition) is 2. The lowest BCUT2D eigenvalue weighted by Crippen LogP contribution is -2.53. The molecule has 1 amide bonds. The summed E-state index contributed by atoms with van der Waals surface area (Å²) in [6.07, 6.45) is 7.61. The fourth-order valence-corrected chi connectivity index (χ4v) is 7.10. The van der Waals surface area contributed by atoms with Crippen molar-refractivity contribution >= 4 is 22.7 Å². The second-order valence-corrected chi connectivity index (χ2v) is 14.1. The van der Waals surface area contributed by atoms with Crippen LogP contribution in [0.15, 0.2) is 30.3 Å². The third-order valence-electron chi connectivity index (χ3n) is 9.47. The van der Waals surface area contributed by atoms with Crippen molar-refractivity contribution < 1.29 is 19.0 Å². The molecule has 1 aromatic carbocycles. The lowest BCUT2D eigenvalue weighted by atomic mass is 9.60.